The molecule has 0 saturated carbocycles. The summed E-state index contributed by atoms with van der Waals surface area (Å²) >= 11 is 5.90. The van der Waals surface area contributed by atoms with Gasteiger partial charge in [0.05, 0.1) is 6.20 Å². The van der Waals surface area contributed by atoms with Crippen LogP contribution in [0.5, 0.6) is 0 Å². The maximum atomic E-state index is 13.1. The van der Waals surface area contributed by atoms with Crippen LogP contribution in [0.25, 0.3) is 0 Å². The van der Waals surface area contributed by atoms with Gasteiger partial charge in [-0.25, -0.2) is 14.8 Å². The van der Waals surface area contributed by atoms with E-state index in [-0.39, 0.29) is 35.1 Å². The van der Waals surface area contributed by atoms with Gasteiger partial charge in [0.2, 0.25) is 0 Å². The Bertz CT molecular complexity index is 908. The van der Waals surface area contributed by atoms with Gasteiger partial charge in [-0.1, -0.05) is 41.9 Å². The lowest BCUT2D eigenvalue weighted by molar-refractivity contribution is 0.130. The molecule has 2 atom stereocenters. The van der Waals surface area contributed by atoms with Crippen LogP contribution >= 0.6 is 11.6 Å². The zero-order chi connectivity index (χ0) is 22.7. The van der Waals surface area contributed by atoms with Crippen molar-refractivity contribution in [1.82, 2.24) is 25.1 Å². The molecule has 3 heterocycles. The molecule has 0 spiro atoms. The molecule has 0 bridgehead atoms. The van der Waals surface area contributed by atoms with Gasteiger partial charge < -0.3 is 20.9 Å². The third kappa shape index (κ3) is 5.24. The van der Waals surface area contributed by atoms with E-state index < -0.39 is 0 Å². The van der Waals surface area contributed by atoms with Gasteiger partial charge in [0.15, 0.2) is 11.0 Å². The lowest BCUT2D eigenvalue weighted by atomic mass is 10.0. The molecule has 2 aliphatic heterocycles. The van der Waals surface area contributed by atoms with Crippen molar-refractivity contribution in [1.29, 1.82) is 0 Å². The van der Waals surface area contributed by atoms with Gasteiger partial charge in [-0.05, 0) is 32.3 Å². The number of nitrogens with one attached hydrogen (secondary N) is 1. The number of halogens is 1. The van der Waals surface area contributed by atoms with Crippen molar-refractivity contribution in [2.24, 2.45) is 0 Å². The Hall–Kier alpha value is -2.58. The highest BCUT2D eigenvalue weighted by Gasteiger charge is 2.35. The number of benzene rings is 1. The molecule has 2 saturated heterocycles. The largest absolute Gasteiger partial charge is 0.381 e. The van der Waals surface area contributed by atoms with E-state index in [0.717, 1.165) is 32.5 Å². The monoisotopic (exact) mass is 457 g/mol. The molecule has 2 amide bonds. The van der Waals surface area contributed by atoms with Crippen LogP contribution in [0.3, 0.4) is 0 Å². The molecule has 0 aliphatic carbocycles. The lowest BCUT2D eigenvalue weighted by Crippen LogP contribution is -2.62. The van der Waals surface area contributed by atoms with Crippen molar-refractivity contribution in [3.63, 3.8) is 0 Å². The van der Waals surface area contributed by atoms with Crippen LogP contribution in [-0.2, 0) is 6.54 Å². The van der Waals surface area contributed by atoms with Crippen molar-refractivity contribution in [3.8, 4) is 0 Å². The summed E-state index contributed by atoms with van der Waals surface area (Å²) < 4.78 is 0. The molecule has 172 valence electrons. The summed E-state index contributed by atoms with van der Waals surface area (Å²) in [4.78, 5) is 28.1. The second-order valence-electron chi connectivity index (χ2n) is 8.90. The third-order valence-electron chi connectivity index (χ3n) is 6.38. The lowest BCUT2D eigenvalue weighted by Gasteiger charge is -2.45. The topological polar surface area (TPSA) is 90.6 Å². The minimum atomic E-state index is 0.0212. The number of likely N-dealkylation sites (tertiary alicyclic amines) is 1. The number of carbonyl (C=O) groups excluding carboxylic acids is 1. The number of carbonyl (C=O) groups is 1. The van der Waals surface area contributed by atoms with Gasteiger partial charge in [-0.2, -0.15) is 0 Å². The first kappa shape index (κ1) is 22.6. The summed E-state index contributed by atoms with van der Waals surface area (Å²) in [5.41, 5.74) is 7.15. The van der Waals surface area contributed by atoms with E-state index in [2.05, 4.69) is 63.2 Å². The summed E-state index contributed by atoms with van der Waals surface area (Å²) in [5, 5.41) is 3.49. The Morgan fingerprint density at radius 3 is 2.44 bits per heavy atom. The van der Waals surface area contributed by atoms with E-state index in [9.17, 15) is 4.79 Å². The van der Waals surface area contributed by atoms with Crippen LogP contribution in [0, 0.1) is 0 Å². The van der Waals surface area contributed by atoms with Crippen LogP contribution in [0.1, 0.15) is 32.3 Å². The summed E-state index contributed by atoms with van der Waals surface area (Å²) in [6, 6.07) is 10.9. The Morgan fingerprint density at radius 2 is 1.81 bits per heavy atom. The van der Waals surface area contributed by atoms with Crippen LogP contribution < -0.4 is 16.0 Å². The molecule has 1 aromatic heterocycles. The first-order valence-corrected chi connectivity index (χ1v) is 11.7. The number of hydrogen-bond donors (Lipinski definition) is 2. The summed E-state index contributed by atoms with van der Waals surface area (Å²) in [7, 11) is 0. The van der Waals surface area contributed by atoms with E-state index in [1.54, 1.807) is 6.20 Å². The predicted octanol–water partition coefficient (Wildman–Crippen LogP) is 2.99. The Morgan fingerprint density at radius 1 is 1.16 bits per heavy atom. The van der Waals surface area contributed by atoms with E-state index >= 15 is 0 Å². The van der Waals surface area contributed by atoms with Crippen LogP contribution in [0.4, 0.5) is 16.4 Å². The molecule has 32 heavy (non-hydrogen) atoms. The van der Waals surface area contributed by atoms with E-state index in [1.807, 2.05) is 11.0 Å². The molecule has 1 aromatic carbocycles. The van der Waals surface area contributed by atoms with Gasteiger partial charge in [0.1, 0.15) is 5.82 Å². The minimum absolute atomic E-state index is 0.0212. The zero-order valence-electron chi connectivity index (χ0n) is 18.7. The van der Waals surface area contributed by atoms with Crippen molar-refractivity contribution >= 4 is 29.3 Å². The quantitative estimate of drug-likeness (QED) is 0.733. The summed E-state index contributed by atoms with van der Waals surface area (Å²) in [6.07, 6.45) is 3.58. The van der Waals surface area contributed by atoms with Crippen LogP contribution in [0.2, 0.25) is 5.15 Å². The minimum Gasteiger partial charge on any atom is -0.381 e. The van der Waals surface area contributed by atoms with Crippen molar-refractivity contribution in [2.45, 2.75) is 51.4 Å². The highest BCUT2D eigenvalue weighted by atomic mass is 35.5. The fourth-order valence-electron chi connectivity index (χ4n) is 4.77. The molecule has 2 fully saturated rings. The fraction of sp³-hybridized carbons (Fsp3) is 0.522. The molecule has 8 nitrogen and oxygen atoms in total. The molecule has 2 aromatic rings. The number of piperazine rings is 1. The second-order valence-corrected chi connectivity index (χ2v) is 9.26. The average Bonchev–Trinajstić information content (AvgIpc) is 2.77. The predicted molar refractivity (Wildman–Crippen MR) is 128 cm³/mol. The Balaban J connectivity index is 1.29. The van der Waals surface area contributed by atoms with Gasteiger partial charge >= 0.3 is 6.03 Å². The van der Waals surface area contributed by atoms with Gasteiger partial charge in [-0.3, -0.25) is 4.90 Å². The number of urea groups is 1. The highest BCUT2D eigenvalue weighted by molar-refractivity contribution is 6.31. The summed E-state index contributed by atoms with van der Waals surface area (Å²) in [6.45, 7) is 8.43. The van der Waals surface area contributed by atoms with Gasteiger partial charge in [0, 0.05) is 50.8 Å². The highest BCUT2D eigenvalue weighted by Crippen LogP contribution is 2.24. The number of hydrogen-bond acceptors (Lipinski definition) is 6. The molecule has 2 aliphatic rings. The number of nitrogen functional groups attached to an aromatic ring is 1. The first-order chi connectivity index (χ1) is 15.4. The number of anilines is 2. The molecule has 0 radical (unpaired) electrons. The average molecular weight is 458 g/mol. The fourth-order valence-corrected chi connectivity index (χ4v) is 4.86. The summed E-state index contributed by atoms with van der Waals surface area (Å²) in [5.74, 6) is 0.916. The zero-order valence-corrected chi connectivity index (χ0v) is 19.5. The third-order valence-corrected chi connectivity index (χ3v) is 6.67. The van der Waals surface area contributed by atoms with Crippen LogP contribution in [0.15, 0.2) is 36.5 Å². The smallest absolute Gasteiger partial charge is 0.318 e. The molecule has 9 heteroatoms. The Labute approximate surface area is 194 Å². The molecular formula is C23H32ClN7O. The van der Waals surface area contributed by atoms with Crippen molar-refractivity contribution < 1.29 is 4.79 Å². The normalized spacial score (nSPS) is 22.7. The molecule has 3 N–H and O–H groups in total. The molecular weight excluding hydrogens is 426 g/mol. The first-order valence-electron chi connectivity index (χ1n) is 11.3. The van der Waals surface area contributed by atoms with Crippen molar-refractivity contribution in [3.05, 3.63) is 47.2 Å². The number of aromatic nitrogens is 2. The SMILES string of the molecule is C[C@@H]1CN(c2cnc(Cl)c(N)n2)C[C@H](C)N1C(=O)NC1CCN(Cc2ccccc2)CC1. The maximum Gasteiger partial charge on any atom is 0.318 e. The van der Waals surface area contributed by atoms with E-state index in [4.69, 9.17) is 17.3 Å². The number of nitrogens with two attached hydrogens (primary N) is 1. The van der Waals surface area contributed by atoms with Crippen LogP contribution in [-0.4, -0.2) is 70.1 Å². The number of piperidine rings is 1. The molecule has 0 unspecified atom stereocenters. The molecule has 4 rings (SSSR count). The number of amides is 2. The van der Waals surface area contributed by atoms with Gasteiger partial charge in [-0.15, -0.1) is 0 Å². The number of rotatable bonds is 4. The van der Waals surface area contributed by atoms with E-state index in [1.165, 1.54) is 5.56 Å². The number of nitrogens with zero attached hydrogens (tertiary/aromatic N) is 5. The second kappa shape index (κ2) is 9.92. The standard InChI is InChI=1S/C23H32ClN7O/c1-16-13-30(20-12-26-21(24)22(25)28-20)14-17(2)31(16)23(32)27-19-8-10-29(11-9-19)15-18-6-4-3-5-7-18/h3-7,12,16-17,19H,8-11,13-15H2,1-2H3,(H2,25,28)(H,27,32)/t16-,17+. The maximum absolute atomic E-state index is 13.1. The Kier molecular flexibility index (Phi) is 7.01. The van der Waals surface area contributed by atoms with Crippen molar-refractivity contribution in [2.75, 3.05) is 36.8 Å². The van der Waals surface area contributed by atoms with Gasteiger partial charge in [0.25, 0.3) is 0 Å². The van der Waals surface area contributed by atoms with E-state index in [0.29, 0.717) is 18.9 Å².